The zero-order valence-electron chi connectivity index (χ0n) is 13.8. The van der Waals surface area contributed by atoms with Gasteiger partial charge in [0.2, 0.25) is 0 Å². The van der Waals surface area contributed by atoms with Gasteiger partial charge in [-0.1, -0.05) is 39.5 Å². The molecule has 0 saturated heterocycles. The van der Waals surface area contributed by atoms with Crippen molar-refractivity contribution >= 4 is 0 Å². The Bertz CT molecular complexity index is 170. The quantitative estimate of drug-likeness (QED) is 0.368. The van der Waals surface area contributed by atoms with Gasteiger partial charge >= 0.3 is 0 Å². The van der Waals surface area contributed by atoms with Gasteiger partial charge in [-0.15, -0.1) is 0 Å². The van der Waals surface area contributed by atoms with Crippen molar-refractivity contribution in [3.05, 3.63) is 0 Å². The van der Waals surface area contributed by atoms with E-state index in [9.17, 15) is 0 Å². The fourth-order valence-electron chi connectivity index (χ4n) is 2.78. The molecule has 0 unspecified atom stereocenters. The van der Waals surface area contributed by atoms with Crippen molar-refractivity contribution in [1.82, 2.24) is 0 Å². The first-order chi connectivity index (χ1) is 9.18. The molecule has 0 rings (SSSR count). The monoisotopic (exact) mass is 272 g/mol. The van der Waals surface area contributed by atoms with E-state index in [-0.39, 0.29) is 0 Å². The number of rotatable bonds is 14. The summed E-state index contributed by atoms with van der Waals surface area (Å²) in [6, 6.07) is 0. The summed E-state index contributed by atoms with van der Waals surface area (Å²) >= 11 is 0. The van der Waals surface area contributed by atoms with Crippen LogP contribution in [0.15, 0.2) is 0 Å². The number of unbranched alkanes of at least 4 members (excludes halogenated alkanes) is 7. The maximum Gasteiger partial charge on any atom is 0.0785 e. The van der Waals surface area contributed by atoms with Gasteiger partial charge in [-0.25, -0.2) is 0 Å². The third-order valence-electron chi connectivity index (χ3n) is 4.21. The maximum absolute atomic E-state index is 8.95. The van der Waals surface area contributed by atoms with Gasteiger partial charge in [-0.3, -0.25) is 0 Å². The smallest absolute Gasteiger partial charge is 0.0785 e. The highest BCUT2D eigenvalue weighted by Crippen LogP contribution is 2.13. The van der Waals surface area contributed by atoms with Crippen LogP contribution in [0.5, 0.6) is 0 Å². The van der Waals surface area contributed by atoms with Crippen molar-refractivity contribution in [2.24, 2.45) is 0 Å². The Morgan fingerprint density at radius 3 is 1.42 bits per heavy atom. The molecule has 0 heterocycles. The predicted molar refractivity (Wildman–Crippen MR) is 85.4 cm³/mol. The summed E-state index contributed by atoms with van der Waals surface area (Å²) in [5, 5.41) is 8.95. The van der Waals surface area contributed by atoms with Crippen molar-refractivity contribution in [2.45, 2.75) is 78.1 Å². The van der Waals surface area contributed by atoms with Gasteiger partial charge < -0.3 is 9.59 Å². The normalized spacial score (nSPS) is 12.0. The Kier molecular flexibility index (Phi) is 12.9. The molecule has 0 aliphatic heterocycles. The molecule has 0 aromatic rings. The third kappa shape index (κ3) is 11.4. The lowest BCUT2D eigenvalue weighted by atomic mass is 10.1. The minimum atomic E-state index is 0.353. The molecule has 0 aromatic carbocycles. The zero-order chi connectivity index (χ0) is 14.4. The first-order valence-corrected chi connectivity index (χ1v) is 8.63. The second kappa shape index (κ2) is 12.9. The summed E-state index contributed by atoms with van der Waals surface area (Å²) in [7, 11) is 2.43. The van der Waals surface area contributed by atoms with Crippen molar-refractivity contribution in [1.29, 1.82) is 0 Å². The van der Waals surface area contributed by atoms with Crippen LogP contribution in [0, 0.1) is 0 Å². The molecule has 0 fully saturated rings. The summed E-state index contributed by atoms with van der Waals surface area (Å²) < 4.78 is 1.23. The van der Waals surface area contributed by atoms with E-state index in [0.717, 1.165) is 6.42 Å². The molecule has 0 aliphatic rings. The van der Waals surface area contributed by atoms with Crippen molar-refractivity contribution in [3.63, 3.8) is 0 Å². The van der Waals surface area contributed by atoms with Gasteiger partial charge in [-0.2, -0.15) is 0 Å². The lowest BCUT2D eigenvalue weighted by molar-refractivity contribution is -0.910. The molecule has 0 aliphatic carbocycles. The van der Waals surface area contributed by atoms with E-state index >= 15 is 0 Å². The summed E-state index contributed by atoms with van der Waals surface area (Å²) in [5.41, 5.74) is 0. The van der Waals surface area contributed by atoms with E-state index in [2.05, 4.69) is 20.9 Å². The minimum Gasteiger partial charge on any atom is -0.396 e. The summed E-state index contributed by atoms with van der Waals surface area (Å²) in [4.78, 5) is 0. The molecule has 0 saturated carbocycles. The number of aliphatic hydroxyl groups excluding tert-OH is 1. The van der Waals surface area contributed by atoms with Crippen molar-refractivity contribution < 1.29 is 9.59 Å². The molecule has 0 bridgehead atoms. The van der Waals surface area contributed by atoms with Crippen LogP contribution in [0.2, 0.25) is 0 Å². The van der Waals surface area contributed by atoms with Crippen molar-refractivity contribution in [3.8, 4) is 0 Å². The van der Waals surface area contributed by atoms with Gasteiger partial charge in [0, 0.05) is 6.61 Å². The molecule has 0 spiro atoms. The summed E-state index contributed by atoms with van der Waals surface area (Å²) in [5.74, 6) is 0. The summed E-state index contributed by atoms with van der Waals surface area (Å²) in [6.07, 6.45) is 13.1. The molecule has 0 radical (unpaired) electrons. The van der Waals surface area contributed by atoms with Gasteiger partial charge in [0.1, 0.15) is 0 Å². The van der Waals surface area contributed by atoms with E-state index in [1.54, 1.807) is 0 Å². The topological polar surface area (TPSA) is 20.2 Å². The lowest BCUT2D eigenvalue weighted by Crippen LogP contribution is -2.46. The molecule has 116 valence electrons. The van der Waals surface area contributed by atoms with Crippen LogP contribution in [0.25, 0.3) is 0 Å². The van der Waals surface area contributed by atoms with E-state index in [1.165, 1.54) is 81.9 Å². The van der Waals surface area contributed by atoms with E-state index in [1.807, 2.05) is 0 Å². The maximum atomic E-state index is 8.95. The molecular formula is C17H38NO+. The second-order valence-corrected chi connectivity index (χ2v) is 6.34. The molecule has 19 heavy (non-hydrogen) atoms. The van der Waals surface area contributed by atoms with E-state index < -0.39 is 0 Å². The van der Waals surface area contributed by atoms with Crippen LogP contribution in [0.4, 0.5) is 0 Å². The SMILES string of the molecule is CCCCCC[N+](C)(CCCCO)CCCCCC. The second-order valence-electron chi connectivity index (χ2n) is 6.34. The largest absolute Gasteiger partial charge is 0.396 e. The Labute approximate surface area is 121 Å². The van der Waals surface area contributed by atoms with Crippen LogP contribution in [0.1, 0.15) is 78.1 Å². The fraction of sp³-hybridized carbons (Fsp3) is 1.00. The van der Waals surface area contributed by atoms with Gasteiger partial charge in [0.25, 0.3) is 0 Å². The number of hydrogen-bond acceptors (Lipinski definition) is 1. The first kappa shape index (κ1) is 18.9. The highest BCUT2D eigenvalue weighted by Gasteiger charge is 2.19. The Hall–Kier alpha value is -0.0800. The lowest BCUT2D eigenvalue weighted by Gasteiger charge is -2.35. The first-order valence-electron chi connectivity index (χ1n) is 8.63. The summed E-state index contributed by atoms with van der Waals surface area (Å²) in [6.45, 7) is 8.82. The highest BCUT2D eigenvalue weighted by atomic mass is 16.2. The molecule has 2 heteroatoms. The molecule has 1 N–H and O–H groups in total. The standard InChI is InChI=1S/C17H38NO/c1-4-6-8-10-14-18(3,16-12-13-17-19)15-11-9-7-5-2/h19H,4-17H2,1-3H3/q+1. The third-order valence-corrected chi connectivity index (χ3v) is 4.21. The van der Waals surface area contributed by atoms with Crippen LogP contribution < -0.4 is 0 Å². The highest BCUT2D eigenvalue weighted by molar-refractivity contribution is 4.48. The van der Waals surface area contributed by atoms with Gasteiger partial charge in [0.05, 0.1) is 26.7 Å². The average molecular weight is 272 g/mol. The Morgan fingerprint density at radius 2 is 1.05 bits per heavy atom. The van der Waals surface area contributed by atoms with Crippen LogP contribution in [-0.4, -0.2) is 42.9 Å². The number of hydrogen-bond donors (Lipinski definition) is 1. The van der Waals surface area contributed by atoms with E-state index in [0.29, 0.717) is 6.61 Å². The average Bonchev–Trinajstić information content (AvgIpc) is 2.41. The molecule has 0 aromatic heterocycles. The zero-order valence-corrected chi connectivity index (χ0v) is 13.8. The Morgan fingerprint density at radius 1 is 0.632 bits per heavy atom. The van der Waals surface area contributed by atoms with E-state index in [4.69, 9.17) is 5.11 Å². The molecule has 0 atom stereocenters. The van der Waals surface area contributed by atoms with Crippen LogP contribution >= 0.6 is 0 Å². The van der Waals surface area contributed by atoms with Gasteiger partial charge in [-0.05, 0) is 38.5 Å². The fourth-order valence-corrected chi connectivity index (χ4v) is 2.78. The number of quaternary nitrogens is 1. The van der Waals surface area contributed by atoms with Gasteiger partial charge in [0.15, 0.2) is 0 Å². The number of aliphatic hydroxyl groups is 1. The molecular weight excluding hydrogens is 234 g/mol. The number of nitrogens with zero attached hydrogens (tertiary/aromatic N) is 1. The molecule has 0 amide bonds. The van der Waals surface area contributed by atoms with Crippen LogP contribution in [0.3, 0.4) is 0 Å². The Balaban J connectivity index is 3.96. The minimum absolute atomic E-state index is 0.353. The predicted octanol–water partition coefficient (Wildman–Crippen LogP) is 4.37. The van der Waals surface area contributed by atoms with Crippen LogP contribution in [-0.2, 0) is 0 Å². The molecule has 2 nitrogen and oxygen atoms in total. The van der Waals surface area contributed by atoms with Crippen molar-refractivity contribution in [2.75, 3.05) is 33.3 Å².